The molecule has 18 heavy (non-hydrogen) atoms. The first-order chi connectivity index (χ1) is 8.70. The summed E-state index contributed by atoms with van der Waals surface area (Å²) in [5.41, 5.74) is 6.45. The van der Waals surface area contributed by atoms with Crippen molar-refractivity contribution in [2.24, 2.45) is 0 Å². The van der Waals surface area contributed by atoms with Crippen LogP contribution in [0.1, 0.15) is 17.3 Å². The third-order valence-electron chi connectivity index (χ3n) is 1.96. The highest BCUT2D eigenvalue weighted by atomic mass is 32.2. The third-order valence-corrected chi connectivity index (χ3v) is 3.86. The smallest absolute Gasteiger partial charge is 0.340 e. The van der Waals surface area contributed by atoms with Gasteiger partial charge in [-0.3, -0.25) is 0 Å². The Morgan fingerprint density at radius 2 is 2.39 bits per heavy atom. The minimum atomic E-state index is -0.420. The van der Waals surface area contributed by atoms with Gasteiger partial charge in [0.15, 0.2) is 4.34 Å². The van der Waals surface area contributed by atoms with Gasteiger partial charge >= 0.3 is 5.97 Å². The number of nitrogens with two attached hydrogens (primary N) is 1. The lowest BCUT2D eigenvalue weighted by molar-refractivity contribution is 0.0521. The number of thiazole rings is 1. The summed E-state index contributed by atoms with van der Waals surface area (Å²) in [4.78, 5) is 20.1. The van der Waals surface area contributed by atoms with Crippen molar-refractivity contribution >= 4 is 34.8 Å². The molecule has 0 saturated heterocycles. The first kappa shape index (κ1) is 12.8. The number of ether oxygens (including phenoxy) is 1. The van der Waals surface area contributed by atoms with Crippen LogP contribution in [0.25, 0.3) is 0 Å². The van der Waals surface area contributed by atoms with E-state index < -0.39 is 5.97 Å². The van der Waals surface area contributed by atoms with Crippen LogP contribution in [0.5, 0.6) is 0 Å². The van der Waals surface area contributed by atoms with E-state index in [9.17, 15) is 4.79 Å². The van der Waals surface area contributed by atoms with Gasteiger partial charge in [-0.15, -0.1) is 11.3 Å². The van der Waals surface area contributed by atoms with E-state index in [1.165, 1.54) is 29.3 Å². The highest BCUT2D eigenvalue weighted by Gasteiger charge is 2.16. The maximum absolute atomic E-state index is 11.8. The summed E-state index contributed by atoms with van der Waals surface area (Å²) in [7, 11) is 0. The lowest BCUT2D eigenvalue weighted by Gasteiger charge is -2.07. The largest absolute Gasteiger partial charge is 0.462 e. The molecule has 0 spiro atoms. The van der Waals surface area contributed by atoms with Crippen molar-refractivity contribution in [3.63, 3.8) is 0 Å². The number of rotatable bonds is 4. The average molecular weight is 281 g/mol. The van der Waals surface area contributed by atoms with Gasteiger partial charge in [0.25, 0.3) is 0 Å². The Bertz CT molecular complexity index is 543. The minimum absolute atomic E-state index is 0.314. The zero-order valence-electron chi connectivity index (χ0n) is 9.62. The Labute approximate surface area is 112 Å². The van der Waals surface area contributed by atoms with Crippen molar-refractivity contribution < 1.29 is 9.53 Å². The first-order valence-corrected chi connectivity index (χ1v) is 6.90. The second kappa shape index (κ2) is 5.83. The zero-order valence-corrected chi connectivity index (χ0v) is 11.3. The van der Waals surface area contributed by atoms with Crippen molar-refractivity contribution in [3.05, 3.63) is 29.4 Å². The molecule has 0 saturated carbocycles. The molecule has 0 unspecified atom stereocenters. The van der Waals surface area contributed by atoms with Gasteiger partial charge in [0.05, 0.1) is 24.1 Å². The molecule has 0 fully saturated rings. The number of nitrogens with zero attached hydrogens (tertiary/aromatic N) is 2. The molecule has 0 aliphatic rings. The van der Waals surface area contributed by atoms with Crippen LogP contribution >= 0.6 is 23.1 Å². The zero-order chi connectivity index (χ0) is 13.0. The number of pyridine rings is 1. The number of anilines is 1. The van der Waals surface area contributed by atoms with E-state index in [4.69, 9.17) is 10.5 Å². The molecule has 2 aromatic rings. The number of nitrogen functional groups attached to an aromatic ring is 1. The van der Waals surface area contributed by atoms with Crippen molar-refractivity contribution in [2.45, 2.75) is 16.3 Å². The molecule has 0 aromatic carbocycles. The Morgan fingerprint density at radius 1 is 1.56 bits per heavy atom. The number of carbonyl (C=O) groups excluding carboxylic acids is 1. The van der Waals surface area contributed by atoms with Crippen molar-refractivity contribution in [1.82, 2.24) is 9.97 Å². The molecule has 0 amide bonds. The quantitative estimate of drug-likeness (QED) is 0.867. The molecular weight excluding hydrogens is 270 g/mol. The second-order valence-corrected chi connectivity index (χ2v) is 5.37. The Kier molecular flexibility index (Phi) is 4.16. The molecule has 94 valence electrons. The molecule has 2 N–H and O–H groups in total. The summed E-state index contributed by atoms with van der Waals surface area (Å²) >= 11 is 2.81. The van der Waals surface area contributed by atoms with Gasteiger partial charge in [0.1, 0.15) is 5.03 Å². The van der Waals surface area contributed by atoms with Crippen LogP contribution < -0.4 is 5.73 Å². The molecule has 2 rings (SSSR count). The number of esters is 1. The third kappa shape index (κ3) is 2.99. The van der Waals surface area contributed by atoms with Crippen LogP contribution in [-0.4, -0.2) is 22.5 Å². The van der Waals surface area contributed by atoms with Crippen molar-refractivity contribution in [1.29, 1.82) is 0 Å². The summed E-state index contributed by atoms with van der Waals surface area (Å²) in [6.45, 7) is 2.07. The van der Waals surface area contributed by atoms with Crippen LogP contribution in [0.3, 0.4) is 0 Å². The summed E-state index contributed by atoms with van der Waals surface area (Å²) in [6.07, 6.45) is 3.22. The van der Waals surface area contributed by atoms with Gasteiger partial charge in [0.2, 0.25) is 0 Å². The van der Waals surface area contributed by atoms with Crippen LogP contribution in [0.4, 0.5) is 5.69 Å². The SMILES string of the molecule is CCOC(=O)c1cc(N)cnc1Sc1nccs1. The Balaban J connectivity index is 2.31. The van der Waals surface area contributed by atoms with Gasteiger partial charge in [-0.2, -0.15) is 0 Å². The van der Waals surface area contributed by atoms with Crippen LogP contribution in [0, 0.1) is 0 Å². The summed E-state index contributed by atoms with van der Waals surface area (Å²) in [5, 5.41) is 2.42. The van der Waals surface area contributed by atoms with Gasteiger partial charge in [-0.05, 0) is 24.8 Å². The van der Waals surface area contributed by atoms with Gasteiger partial charge < -0.3 is 10.5 Å². The summed E-state index contributed by atoms with van der Waals surface area (Å²) in [6, 6.07) is 1.57. The first-order valence-electron chi connectivity index (χ1n) is 5.20. The van der Waals surface area contributed by atoms with E-state index in [1.54, 1.807) is 19.2 Å². The monoisotopic (exact) mass is 281 g/mol. The highest BCUT2D eigenvalue weighted by molar-refractivity contribution is 8.01. The molecule has 0 atom stereocenters. The molecule has 5 nitrogen and oxygen atoms in total. The van der Waals surface area contributed by atoms with E-state index in [0.29, 0.717) is 22.9 Å². The lowest BCUT2D eigenvalue weighted by atomic mass is 10.3. The predicted molar refractivity (Wildman–Crippen MR) is 70.8 cm³/mol. The number of hydrogen-bond donors (Lipinski definition) is 1. The Morgan fingerprint density at radius 3 is 3.06 bits per heavy atom. The molecule has 0 aliphatic heterocycles. The molecular formula is C11H11N3O2S2. The standard InChI is InChI=1S/C11H11N3O2S2/c1-2-16-10(15)8-5-7(12)6-14-9(8)18-11-13-3-4-17-11/h3-6H,2,12H2,1H3. The topological polar surface area (TPSA) is 78.1 Å². The molecule has 0 aliphatic carbocycles. The average Bonchev–Trinajstić information content (AvgIpc) is 2.84. The van der Waals surface area contributed by atoms with Gasteiger partial charge in [0, 0.05) is 11.6 Å². The van der Waals surface area contributed by atoms with E-state index in [-0.39, 0.29) is 0 Å². The molecule has 7 heteroatoms. The maximum Gasteiger partial charge on any atom is 0.340 e. The van der Waals surface area contributed by atoms with Crippen molar-refractivity contribution in [2.75, 3.05) is 12.3 Å². The fourth-order valence-electron chi connectivity index (χ4n) is 1.25. The van der Waals surface area contributed by atoms with E-state index >= 15 is 0 Å². The van der Waals surface area contributed by atoms with E-state index in [1.807, 2.05) is 5.38 Å². The summed E-state index contributed by atoms with van der Waals surface area (Å²) in [5.74, 6) is -0.420. The predicted octanol–water partition coefficient (Wildman–Crippen LogP) is 2.45. The van der Waals surface area contributed by atoms with E-state index in [2.05, 4.69) is 9.97 Å². The molecule has 0 radical (unpaired) electrons. The molecule has 0 bridgehead atoms. The highest BCUT2D eigenvalue weighted by Crippen LogP contribution is 2.31. The Hall–Kier alpha value is -1.60. The molecule has 2 heterocycles. The van der Waals surface area contributed by atoms with E-state index in [0.717, 1.165) is 4.34 Å². The summed E-state index contributed by atoms with van der Waals surface area (Å²) < 4.78 is 5.80. The normalized spacial score (nSPS) is 10.3. The van der Waals surface area contributed by atoms with Crippen LogP contribution in [0.2, 0.25) is 0 Å². The maximum atomic E-state index is 11.8. The minimum Gasteiger partial charge on any atom is -0.462 e. The van der Waals surface area contributed by atoms with Crippen LogP contribution in [-0.2, 0) is 4.74 Å². The van der Waals surface area contributed by atoms with Gasteiger partial charge in [-0.25, -0.2) is 14.8 Å². The van der Waals surface area contributed by atoms with Crippen LogP contribution in [0.15, 0.2) is 33.2 Å². The van der Waals surface area contributed by atoms with Crippen molar-refractivity contribution in [3.8, 4) is 0 Å². The number of carbonyl (C=O) groups is 1. The fraction of sp³-hybridized carbons (Fsp3) is 0.182. The lowest BCUT2D eigenvalue weighted by Crippen LogP contribution is -2.08. The molecule has 2 aromatic heterocycles. The fourth-order valence-corrected chi connectivity index (χ4v) is 2.84. The second-order valence-electron chi connectivity index (χ2n) is 3.24. The van der Waals surface area contributed by atoms with Gasteiger partial charge in [-0.1, -0.05) is 0 Å². The number of aromatic nitrogens is 2. The number of hydrogen-bond acceptors (Lipinski definition) is 7.